The largest absolute Gasteiger partial charge is 0.486 e. The van der Waals surface area contributed by atoms with Gasteiger partial charge >= 0.3 is 0 Å². The number of rotatable bonds is 4. The molecule has 1 aromatic heterocycles. The van der Waals surface area contributed by atoms with E-state index in [1.54, 1.807) is 12.1 Å². The van der Waals surface area contributed by atoms with Crippen LogP contribution in [-0.4, -0.2) is 6.29 Å². The van der Waals surface area contributed by atoms with E-state index in [-0.39, 0.29) is 0 Å². The topological polar surface area (TPSA) is 39.4 Å². The highest BCUT2D eigenvalue weighted by Gasteiger charge is 2.01. The average Bonchev–Trinajstić information content (AvgIpc) is 2.76. The van der Waals surface area contributed by atoms with Crippen molar-refractivity contribution < 1.29 is 13.9 Å². The maximum absolute atomic E-state index is 10.4. The molecule has 3 heteroatoms. The summed E-state index contributed by atoms with van der Waals surface area (Å²) in [6, 6.07) is 11.1. The fourth-order valence-corrected chi connectivity index (χ4v) is 1.32. The van der Waals surface area contributed by atoms with Gasteiger partial charge in [-0.3, -0.25) is 4.79 Å². The summed E-state index contributed by atoms with van der Waals surface area (Å²) >= 11 is 0. The molecular formula is C13H12O3. The first-order chi connectivity index (χ1) is 7.78. The van der Waals surface area contributed by atoms with E-state index in [1.807, 2.05) is 31.2 Å². The smallest absolute Gasteiger partial charge is 0.185 e. The Kier molecular flexibility index (Phi) is 3.05. The minimum Gasteiger partial charge on any atom is -0.486 e. The third-order valence-electron chi connectivity index (χ3n) is 2.20. The standard InChI is InChI=1S/C13H12O3/c1-10-2-4-11(5-3-10)15-9-13-7-6-12(8-14)16-13/h2-8H,9H2,1H3. The fourth-order valence-electron chi connectivity index (χ4n) is 1.32. The Bertz CT molecular complexity index is 468. The highest BCUT2D eigenvalue weighted by atomic mass is 16.5. The van der Waals surface area contributed by atoms with Crippen molar-refractivity contribution in [2.75, 3.05) is 0 Å². The summed E-state index contributed by atoms with van der Waals surface area (Å²) in [5, 5.41) is 0. The van der Waals surface area contributed by atoms with E-state index in [1.165, 1.54) is 5.56 Å². The van der Waals surface area contributed by atoms with Crippen molar-refractivity contribution in [3.05, 3.63) is 53.5 Å². The molecule has 1 heterocycles. The molecule has 82 valence electrons. The molecule has 16 heavy (non-hydrogen) atoms. The Labute approximate surface area is 93.7 Å². The van der Waals surface area contributed by atoms with Crippen LogP contribution in [0.25, 0.3) is 0 Å². The molecule has 2 rings (SSSR count). The van der Waals surface area contributed by atoms with Crippen molar-refractivity contribution in [2.24, 2.45) is 0 Å². The van der Waals surface area contributed by atoms with Crippen LogP contribution in [0.3, 0.4) is 0 Å². The zero-order valence-corrected chi connectivity index (χ0v) is 8.97. The summed E-state index contributed by atoms with van der Waals surface area (Å²) in [6.07, 6.45) is 0.676. The van der Waals surface area contributed by atoms with Gasteiger partial charge in [-0.25, -0.2) is 0 Å². The van der Waals surface area contributed by atoms with Crippen LogP contribution < -0.4 is 4.74 Å². The zero-order chi connectivity index (χ0) is 11.4. The first-order valence-corrected chi connectivity index (χ1v) is 5.01. The molecular weight excluding hydrogens is 204 g/mol. The molecule has 0 aliphatic rings. The van der Waals surface area contributed by atoms with Crippen LogP contribution in [-0.2, 0) is 6.61 Å². The molecule has 0 saturated carbocycles. The lowest BCUT2D eigenvalue weighted by molar-refractivity contribution is 0.109. The van der Waals surface area contributed by atoms with Crippen molar-refractivity contribution in [3.8, 4) is 5.75 Å². The Morgan fingerprint density at radius 1 is 1.19 bits per heavy atom. The second kappa shape index (κ2) is 4.66. The molecule has 0 bridgehead atoms. The number of aldehydes is 1. The molecule has 0 radical (unpaired) electrons. The molecule has 0 fully saturated rings. The SMILES string of the molecule is Cc1ccc(OCc2ccc(C=O)o2)cc1. The van der Waals surface area contributed by atoms with E-state index in [4.69, 9.17) is 9.15 Å². The van der Waals surface area contributed by atoms with Gasteiger partial charge in [0, 0.05) is 0 Å². The van der Waals surface area contributed by atoms with Crippen LogP contribution in [0.2, 0.25) is 0 Å². The first-order valence-electron chi connectivity index (χ1n) is 5.01. The molecule has 2 aromatic rings. The third kappa shape index (κ3) is 2.51. The Morgan fingerprint density at radius 2 is 1.94 bits per heavy atom. The predicted octanol–water partition coefficient (Wildman–Crippen LogP) is 2.98. The molecule has 0 N–H and O–H groups in total. The van der Waals surface area contributed by atoms with E-state index in [0.717, 1.165) is 5.75 Å². The van der Waals surface area contributed by atoms with Gasteiger partial charge in [-0.1, -0.05) is 17.7 Å². The van der Waals surface area contributed by atoms with Gasteiger partial charge in [-0.15, -0.1) is 0 Å². The summed E-state index contributed by atoms with van der Waals surface area (Å²) in [7, 11) is 0. The number of ether oxygens (including phenoxy) is 1. The Morgan fingerprint density at radius 3 is 2.56 bits per heavy atom. The van der Waals surface area contributed by atoms with E-state index < -0.39 is 0 Å². The number of benzene rings is 1. The molecule has 3 nitrogen and oxygen atoms in total. The van der Waals surface area contributed by atoms with E-state index in [9.17, 15) is 4.79 Å². The highest BCUT2D eigenvalue weighted by molar-refractivity contribution is 5.70. The van der Waals surface area contributed by atoms with Gasteiger partial charge in [-0.05, 0) is 31.2 Å². The third-order valence-corrected chi connectivity index (χ3v) is 2.20. The monoisotopic (exact) mass is 216 g/mol. The van der Waals surface area contributed by atoms with Crippen LogP contribution in [0.5, 0.6) is 5.75 Å². The van der Waals surface area contributed by atoms with Crippen LogP contribution in [0.15, 0.2) is 40.8 Å². The molecule has 0 aliphatic carbocycles. The lowest BCUT2D eigenvalue weighted by Gasteiger charge is -2.03. The second-order valence-electron chi connectivity index (χ2n) is 3.52. The van der Waals surface area contributed by atoms with Gasteiger partial charge in [0.15, 0.2) is 12.0 Å². The van der Waals surface area contributed by atoms with E-state index in [0.29, 0.717) is 24.4 Å². The number of carbonyl (C=O) groups is 1. The number of hydrogen-bond acceptors (Lipinski definition) is 3. The lowest BCUT2D eigenvalue weighted by atomic mass is 10.2. The zero-order valence-electron chi connectivity index (χ0n) is 8.97. The van der Waals surface area contributed by atoms with Crippen molar-refractivity contribution >= 4 is 6.29 Å². The number of furan rings is 1. The van der Waals surface area contributed by atoms with Gasteiger partial charge in [0.05, 0.1) is 0 Å². The average molecular weight is 216 g/mol. The van der Waals surface area contributed by atoms with Crippen LogP contribution in [0, 0.1) is 6.92 Å². The summed E-state index contributed by atoms with van der Waals surface area (Å²) in [6.45, 7) is 2.35. The van der Waals surface area contributed by atoms with Crippen LogP contribution >= 0.6 is 0 Å². The van der Waals surface area contributed by atoms with Gasteiger partial charge < -0.3 is 9.15 Å². The van der Waals surface area contributed by atoms with Gasteiger partial charge in [0.2, 0.25) is 0 Å². The minimum absolute atomic E-state index is 0.322. The van der Waals surface area contributed by atoms with E-state index >= 15 is 0 Å². The quantitative estimate of drug-likeness (QED) is 0.737. The van der Waals surface area contributed by atoms with Crippen LogP contribution in [0.1, 0.15) is 21.9 Å². The minimum atomic E-state index is 0.322. The summed E-state index contributed by atoms with van der Waals surface area (Å²) in [5.41, 5.74) is 1.19. The Hall–Kier alpha value is -2.03. The van der Waals surface area contributed by atoms with Gasteiger partial charge in [0.25, 0.3) is 0 Å². The molecule has 0 unspecified atom stereocenters. The molecule has 0 atom stereocenters. The number of carbonyl (C=O) groups excluding carboxylic acids is 1. The summed E-state index contributed by atoms with van der Waals surface area (Å²) in [4.78, 5) is 10.4. The Balaban J connectivity index is 1.96. The molecule has 0 aliphatic heterocycles. The maximum atomic E-state index is 10.4. The number of hydrogen-bond donors (Lipinski definition) is 0. The first kappa shape index (κ1) is 10.5. The summed E-state index contributed by atoms with van der Waals surface area (Å²) in [5.74, 6) is 1.75. The normalized spacial score (nSPS) is 10.1. The summed E-state index contributed by atoms with van der Waals surface area (Å²) < 4.78 is 10.7. The van der Waals surface area contributed by atoms with Crippen molar-refractivity contribution in [1.29, 1.82) is 0 Å². The van der Waals surface area contributed by atoms with Gasteiger partial charge in [0.1, 0.15) is 18.1 Å². The molecule has 0 spiro atoms. The second-order valence-corrected chi connectivity index (χ2v) is 3.52. The van der Waals surface area contributed by atoms with Crippen molar-refractivity contribution in [2.45, 2.75) is 13.5 Å². The molecule has 0 amide bonds. The highest BCUT2D eigenvalue weighted by Crippen LogP contribution is 2.14. The maximum Gasteiger partial charge on any atom is 0.185 e. The molecule has 0 saturated heterocycles. The fraction of sp³-hybridized carbons (Fsp3) is 0.154. The van der Waals surface area contributed by atoms with E-state index in [2.05, 4.69) is 0 Å². The van der Waals surface area contributed by atoms with Crippen molar-refractivity contribution in [3.63, 3.8) is 0 Å². The molecule has 1 aromatic carbocycles. The lowest BCUT2D eigenvalue weighted by Crippen LogP contribution is -1.93. The van der Waals surface area contributed by atoms with Gasteiger partial charge in [-0.2, -0.15) is 0 Å². The number of aryl methyl sites for hydroxylation is 1. The predicted molar refractivity (Wildman–Crippen MR) is 59.6 cm³/mol. The van der Waals surface area contributed by atoms with Crippen LogP contribution in [0.4, 0.5) is 0 Å². The van der Waals surface area contributed by atoms with Crippen molar-refractivity contribution in [1.82, 2.24) is 0 Å².